The topological polar surface area (TPSA) is 55.5 Å². The average molecular weight is 431 g/mol. The van der Waals surface area contributed by atoms with Crippen molar-refractivity contribution < 1.29 is 9.15 Å². The van der Waals surface area contributed by atoms with Crippen LogP contribution < -0.4 is 15.0 Å². The van der Waals surface area contributed by atoms with Gasteiger partial charge >= 0.3 is 0 Å². The molecule has 5 rings (SSSR count). The Morgan fingerprint density at radius 3 is 2.71 bits per heavy atom. The Morgan fingerprint density at radius 2 is 1.94 bits per heavy atom. The Kier molecular flexibility index (Phi) is 5.18. The van der Waals surface area contributed by atoms with Crippen LogP contribution in [0.3, 0.4) is 0 Å². The van der Waals surface area contributed by atoms with Crippen molar-refractivity contribution in [3.8, 4) is 5.75 Å². The summed E-state index contributed by atoms with van der Waals surface area (Å²) in [6, 6.07) is 21.7. The lowest BCUT2D eigenvalue weighted by Gasteiger charge is -2.29. The number of thiocarbonyl (C=S) groups is 1. The van der Waals surface area contributed by atoms with E-state index in [0.717, 1.165) is 28.6 Å². The summed E-state index contributed by atoms with van der Waals surface area (Å²) in [6.07, 6.45) is 5.57. The molecule has 7 heteroatoms. The van der Waals surface area contributed by atoms with Gasteiger partial charge in [-0.2, -0.15) is 0 Å². The monoisotopic (exact) mass is 430 g/mol. The van der Waals surface area contributed by atoms with Crippen molar-refractivity contribution in [3.63, 3.8) is 0 Å². The first-order valence-corrected chi connectivity index (χ1v) is 10.5. The minimum absolute atomic E-state index is 0.121. The summed E-state index contributed by atoms with van der Waals surface area (Å²) in [5.74, 6) is 1.66. The molecule has 0 amide bonds. The molecule has 4 heterocycles. The predicted octanol–water partition coefficient (Wildman–Crippen LogP) is 4.71. The van der Waals surface area contributed by atoms with Crippen molar-refractivity contribution in [2.24, 2.45) is 0 Å². The number of para-hydroxylation sites is 2. The van der Waals surface area contributed by atoms with Gasteiger partial charge in [0.1, 0.15) is 17.6 Å². The number of aromatic nitrogens is 2. The smallest absolute Gasteiger partial charge is 0.174 e. The molecule has 0 saturated carbocycles. The van der Waals surface area contributed by atoms with Gasteiger partial charge in [-0.05, 0) is 60.7 Å². The van der Waals surface area contributed by atoms with Crippen molar-refractivity contribution in [1.82, 2.24) is 14.9 Å². The first-order chi connectivity index (χ1) is 15.3. The molecule has 1 aliphatic heterocycles. The lowest BCUT2D eigenvalue weighted by molar-refractivity contribution is 0.413. The summed E-state index contributed by atoms with van der Waals surface area (Å²) in [5, 5.41) is 4.13. The molecule has 0 spiro atoms. The third-order valence-corrected chi connectivity index (χ3v) is 5.83. The third-order valence-electron chi connectivity index (χ3n) is 5.52. The molecule has 0 aliphatic carbocycles. The number of methoxy groups -OCH3 is 1. The molecule has 2 atom stereocenters. The van der Waals surface area contributed by atoms with Crippen LogP contribution in [0.5, 0.6) is 5.75 Å². The van der Waals surface area contributed by atoms with Gasteiger partial charge in [-0.15, -0.1) is 0 Å². The zero-order chi connectivity index (χ0) is 21.2. The molecule has 6 nitrogen and oxygen atoms in total. The fraction of sp³-hybridized carbons (Fsp3) is 0.167. The van der Waals surface area contributed by atoms with Gasteiger partial charge in [0, 0.05) is 18.1 Å². The Hall–Kier alpha value is -3.58. The quantitative estimate of drug-likeness (QED) is 0.447. The van der Waals surface area contributed by atoms with Crippen molar-refractivity contribution in [1.29, 1.82) is 0 Å². The number of nitrogens with one attached hydrogen (secondary N) is 1. The molecule has 0 bridgehead atoms. The number of anilines is 1. The number of benzene rings is 1. The van der Waals surface area contributed by atoms with Gasteiger partial charge < -0.3 is 23.9 Å². The van der Waals surface area contributed by atoms with Crippen LogP contribution in [0, 0.1) is 0 Å². The average Bonchev–Trinajstić information content (AvgIpc) is 3.55. The number of rotatable bonds is 6. The second-order valence-corrected chi connectivity index (χ2v) is 7.70. The SMILES string of the molecule is COc1ccccc1N1C(=S)N[C@@H](c2ccccn2)[C@H]1c1cccn1Cc1ccco1. The summed E-state index contributed by atoms with van der Waals surface area (Å²) in [7, 11) is 1.68. The largest absolute Gasteiger partial charge is 0.495 e. The van der Waals surface area contributed by atoms with Crippen LogP contribution in [0.4, 0.5) is 5.69 Å². The Labute approximate surface area is 186 Å². The highest BCUT2D eigenvalue weighted by atomic mass is 32.1. The Balaban J connectivity index is 1.63. The fourth-order valence-electron chi connectivity index (χ4n) is 4.15. The maximum absolute atomic E-state index is 5.82. The molecule has 1 fully saturated rings. The highest BCUT2D eigenvalue weighted by molar-refractivity contribution is 7.80. The number of furan rings is 1. The summed E-state index contributed by atoms with van der Waals surface area (Å²) < 4.78 is 13.5. The van der Waals surface area contributed by atoms with E-state index < -0.39 is 0 Å². The number of hydrogen-bond donors (Lipinski definition) is 1. The molecule has 1 N–H and O–H groups in total. The molecule has 156 valence electrons. The second kappa shape index (κ2) is 8.28. The molecular weight excluding hydrogens is 408 g/mol. The van der Waals surface area contributed by atoms with Gasteiger partial charge in [0.2, 0.25) is 0 Å². The molecule has 3 aromatic heterocycles. The maximum atomic E-state index is 5.82. The molecular formula is C24H22N4O2S. The third kappa shape index (κ3) is 3.57. The number of pyridine rings is 1. The summed E-state index contributed by atoms with van der Waals surface area (Å²) in [5.41, 5.74) is 2.94. The fourth-order valence-corrected chi connectivity index (χ4v) is 4.49. The van der Waals surface area contributed by atoms with Gasteiger partial charge in [-0.25, -0.2) is 0 Å². The lowest BCUT2D eigenvalue weighted by Crippen LogP contribution is -2.30. The molecule has 0 unspecified atom stereocenters. The molecule has 1 aliphatic rings. The van der Waals surface area contributed by atoms with Gasteiger partial charge in [-0.1, -0.05) is 18.2 Å². The Morgan fingerprint density at radius 1 is 1.06 bits per heavy atom. The van der Waals surface area contributed by atoms with E-state index >= 15 is 0 Å². The Bertz CT molecular complexity index is 1170. The van der Waals surface area contributed by atoms with E-state index in [2.05, 4.69) is 38.1 Å². The van der Waals surface area contributed by atoms with Crippen molar-refractivity contribution >= 4 is 23.0 Å². The van der Waals surface area contributed by atoms with E-state index in [0.29, 0.717) is 11.7 Å². The highest BCUT2D eigenvalue weighted by Gasteiger charge is 2.42. The molecule has 0 radical (unpaired) electrons. The van der Waals surface area contributed by atoms with Crippen LogP contribution in [0.25, 0.3) is 0 Å². The molecule has 1 saturated heterocycles. The first kappa shape index (κ1) is 19.4. The maximum Gasteiger partial charge on any atom is 0.174 e. The summed E-state index contributed by atoms with van der Waals surface area (Å²) in [6.45, 7) is 0.632. The molecule has 4 aromatic rings. The van der Waals surface area contributed by atoms with Crippen LogP contribution in [-0.4, -0.2) is 21.8 Å². The van der Waals surface area contributed by atoms with Crippen LogP contribution in [0.15, 0.2) is 89.8 Å². The number of hydrogen-bond acceptors (Lipinski definition) is 4. The minimum Gasteiger partial charge on any atom is -0.495 e. The second-order valence-electron chi connectivity index (χ2n) is 7.31. The van der Waals surface area contributed by atoms with Gasteiger partial charge in [0.05, 0.1) is 37.3 Å². The van der Waals surface area contributed by atoms with E-state index in [9.17, 15) is 0 Å². The normalized spacial score (nSPS) is 18.2. The van der Waals surface area contributed by atoms with Crippen molar-refractivity contribution in [2.75, 3.05) is 12.0 Å². The van der Waals surface area contributed by atoms with E-state index in [1.54, 1.807) is 13.4 Å². The zero-order valence-corrected chi connectivity index (χ0v) is 17.8. The zero-order valence-electron chi connectivity index (χ0n) is 17.0. The number of nitrogens with zero attached hydrogens (tertiary/aromatic N) is 3. The highest BCUT2D eigenvalue weighted by Crippen LogP contribution is 2.44. The minimum atomic E-state index is -0.122. The molecule has 1 aromatic carbocycles. The van der Waals surface area contributed by atoms with Gasteiger partial charge in [0.25, 0.3) is 0 Å². The van der Waals surface area contributed by atoms with E-state index in [4.69, 9.17) is 21.4 Å². The van der Waals surface area contributed by atoms with Gasteiger partial charge in [-0.3, -0.25) is 4.98 Å². The van der Waals surface area contributed by atoms with E-state index in [1.165, 1.54) is 0 Å². The van der Waals surface area contributed by atoms with Crippen LogP contribution in [0.1, 0.15) is 29.2 Å². The van der Waals surface area contributed by atoms with Crippen LogP contribution in [-0.2, 0) is 6.54 Å². The van der Waals surface area contributed by atoms with Crippen molar-refractivity contribution in [3.05, 3.63) is 103 Å². The summed E-state index contributed by atoms with van der Waals surface area (Å²) >= 11 is 5.82. The lowest BCUT2D eigenvalue weighted by atomic mass is 10.0. The van der Waals surface area contributed by atoms with Crippen LogP contribution >= 0.6 is 12.2 Å². The standard InChI is InChI=1S/C24H22N4O2S/c1-29-21-12-3-2-10-19(21)28-23(22(26-24(28)31)18-9-4-5-13-25-18)20-11-6-14-27(20)16-17-8-7-15-30-17/h2-15,22-23H,16H2,1H3,(H,26,31)/t22-,23+/m0/s1. The van der Waals surface area contributed by atoms with E-state index in [-0.39, 0.29) is 12.1 Å². The van der Waals surface area contributed by atoms with Crippen LogP contribution in [0.2, 0.25) is 0 Å². The first-order valence-electron chi connectivity index (χ1n) is 10.1. The van der Waals surface area contributed by atoms with Gasteiger partial charge in [0.15, 0.2) is 5.11 Å². The molecule has 31 heavy (non-hydrogen) atoms. The van der Waals surface area contributed by atoms with Crippen molar-refractivity contribution in [2.45, 2.75) is 18.6 Å². The summed E-state index contributed by atoms with van der Waals surface area (Å²) in [4.78, 5) is 6.75. The number of ether oxygens (including phenoxy) is 1. The predicted molar refractivity (Wildman–Crippen MR) is 123 cm³/mol. The van der Waals surface area contributed by atoms with E-state index in [1.807, 2.05) is 60.8 Å².